The number of urea groups is 1. The topological polar surface area (TPSA) is 93.5 Å². The summed E-state index contributed by atoms with van der Waals surface area (Å²) in [6.07, 6.45) is 0. The summed E-state index contributed by atoms with van der Waals surface area (Å²) in [6, 6.07) is 18.8. The van der Waals surface area contributed by atoms with Crippen molar-refractivity contribution in [2.24, 2.45) is 0 Å². The highest BCUT2D eigenvalue weighted by Gasteiger charge is 2.30. The lowest BCUT2D eigenvalue weighted by Gasteiger charge is -2.26. The maximum Gasteiger partial charge on any atom is 0.337 e. The minimum Gasteiger partial charge on any atom is -0.463 e. The number of oxazole rings is 1. The predicted molar refractivity (Wildman–Crippen MR) is 123 cm³/mol. The molecule has 32 heavy (non-hydrogen) atoms. The zero-order chi connectivity index (χ0) is 22.5. The molecular weight excluding hydrogens is 426 g/mol. The van der Waals surface area contributed by atoms with Crippen LogP contribution in [0.5, 0.6) is 0 Å². The second-order valence-corrected chi connectivity index (χ2v) is 8.04. The van der Waals surface area contributed by atoms with Crippen LogP contribution in [0.4, 0.5) is 4.79 Å². The van der Waals surface area contributed by atoms with E-state index in [0.29, 0.717) is 28.0 Å². The third kappa shape index (κ3) is 4.70. The van der Waals surface area contributed by atoms with Crippen LogP contribution in [0, 0.1) is 0 Å². The van der Waals surface area contributed by atoms with E-state index < -0.39 is 12.0 Å². The summed E-state index contributed by atoms with van der Waals surface area (Å²) in [7, 11) is 0. The van der Waals surface area contributed by atoms with E-state index in [1.165, 1.54) is 11.8 Å². The number of hydrogen-bond donors (Lipinski definition) is 2. The Morgan fingerprint density at radius 3 is 2.41 bits per heavy atom. The van der Waals surface area contributed by atoms with Crippen molar-refractivity contribution in [1.82, 2.24) is 15.6 Å². The highest BCUT2D eigenvalue weighted by Crippen LogP contribution is 2.36. The SMILES string of the molecule is CCOC(=O)C1=C(CSc2nc(-c3ccccc3)c(-c3ccccc3)o2)NC(=O)N[C@H]1C. The normalized spacial score (nSPS) is 15.8. The van der Waals surface area contributed by atoms with E-state index in [1.54, 1.807) is 13.8 Å². The first-order valence-corrected chi connectivity index (χ1v) is 11.3. The number of esters is 1. The second kappa shape index (κ2) is 9.74. The van der Waals surface area contributed by atoms with Crippen LogP contribution < -0.4 is 10.6 Å². The molecule has 1 aliphatic rings. The van der Waals surface area contributed by atoms with Gasteiger partial charge in [0.2, 0.25) is 0 Å². The van der Waals surface area contributed by atoms with Crippen LogP contribution in [0.15, 0.2) is 81.6 Å². The maximum absolute atomic E-state index is 12.4. The number of aromatic nitrogens is 1. The minimum atomic E-state index is -0.456. The van der Waals surface area contributed by atoms with Gasteiger partial charge in [-0.25, -0.2) is 14.6 Å². The van der Waals surface area contributed by atoms with Crippen LogP contribution in [0.25, 0.3) is 22.6 Å². The van der Waals surface area contributed by atoms with Gasteiger partial charge in [-0.05, 0) is 13.8 Å². The molecule has 164 valence electrons. The van der Waals surface area contributed by atoms with Gasteiger partial charge in [-0.1, -0.05) is 72.4 Å². The molecule has 1 aliphatic heterocycles. The van der Waals surface area contributed by atoms with Crippen molar-refractivity contribution < 1.29 is 18.7 Å². The van der Waals surface area contributed by atoms with E-state index >= 15 is 0 Å². The average molecular weight is 450 g/mol. The summed E-state index contributed by atoms with van der Waals surface area (Å²) >= 11 is 1.31. The fourth-order valence-corrected chi connectivity index (χ4v) is 4.26. The van der Waals surface area contributed by atoms with Gasteiger partial charge in [0.15, 0.2) is 5.76 Å². The fourth-order valence-electron chi connectivity index (χ4n) is 3.47. The van der Waals surface area contributed by atoms with Crippen LogP contribution in [0.3, 0.4) is 0 Å². The molecule has 2 N–H and O–H groups in total. The lowest BCUT2D eigenvalue weighted by molar-refractivity contribution is -0.138. The van der Waals surface area contributed by atoms with Crippen molar-refractivity contribution in [2.75, 3.05) is 12.4 Å². The summed E-state index contributed by atoms with van der Waals surface area (Å²) in [4.78, 5) is 29.2. The van der Waals surface area contributed by atoms with E-state index in [2.05, 4.69) is 10.6 Å². The molecule has 4 rings (SSSR count). The molecule has 1 atom stereocenters. The lowest BCUT2D eigenvalue weighted by atomic mass is 10.1. The zero-order valence-corrected chi connectivity index (χ0v) is 18.6. The Kier molecular flexibility index (Phi) is 6.61. The van der Waals surface area contributed by atoms with Crippen LogP contribution >= 0.6 is 11.8 Å². The van der Waals surface area contributed by atoms with Crippen molar-refractivity contribution in [2.45, 2.75) is 25.1 Å². The van der Waals surface area contributed by atoms with E-state index in [-0.39, 0.29) is 12.6 Å². The van der Waals surface area contributed by atoms with Crippen molar-refractivity contribution in [3.05, 3.63) is 71.9 Å². The van der Waals surface area contributed by atoms with Crippen LogP contribution in [0.1, 0.15) is 13.8 Å². The van der Waals surface area contributed by atoms with Crippen molar-refractivity contribution in [3.63, 3.8) is 0 Å². The van der Waals surface area contributed by atoms with E-state index in [9.17, 15) is 9.59 Å². The highest BCUT2D eigenvalue weighted by atomic mass is 32.2. The Hall–Kier alpha value is -3.52. The summed E-state index contributed by atoms with van der Waals surface area (Å²) in [5.41, 5.74) is 3.49. The number of rotatable bonds is 7. The molecule has 0 saturated carbocycles. The molecule has 2 heterocycles. The third-order valence-corrected chi connectivity index (χ3v) is 5.75. The monoisotopic (exact) mass is 449 g/mol. The zero-order valence-electron chi connectivity index (χ0n) is 17.8. The van der Waals surface area contributed by atoms with Gasteiger partial charge in [0.05, 0.1) is 18.2 Å². The molecular formula is C24H23N3O4S. The van der Waals surface area contributed by atoms with E-state index in [0.717, 1.165) is 16.8 Å². The standard InChI is InChI=1S/C24H23N3O4S/c1-3-30-22(28)19-15(2)25-23(29)26-18(19)14-32-24-27-20(16-10-6-4-7-11-16)21(31-24)17-12-8-5-9-13-17/h4-13,15H,3,14H2,1-2H3,(H2,25,26,29)/t15-/m0/s1. The second-order valence-electron chi connectivity index (χ2n) is 7.11. The van der Waals surface area contributed by atoms with Gasteiger partial charge < -0.3 is 19.8 Å². The molecule has 7 nitrogen and oxygen atoms in total. The van der Waals surface area contributed by atoms with E-state index in [1.807, 2.05) is 60.7 Å². The largest absolute Gasteiger partial charge is 0.463 e. The number of carbonyl (C=O) groups is 2. The molecule has 0 bridgehead atoms. The fraction of sp³-hybridized carbons (Fsp3) is 0.208. The molecule has 0 aliphatic carbocycles. The quantitative estimate of drug-likeness (QED) is 0.404. The molecule has 0 saturated heterocycles. The summed E-state index contributed by atoms with van der Waals surface area (Å²) in [6.45, 7) is 3.75. The lowest BCUT2D eigenvalue weighted by Crippen LogP contribution is -2.49. The number of nitrogens with one attached hydrogen (secondary N) is 2. The summed E-state index contributed by atoms with van der Waals surface area (Å²) < 4.78 is 11.3. The first kappa shape index (κ1) is 21.7. The molecule has 0 spiro atoms. The number of nitrogens with zero attached hydrogens (tertiary/aromatic N) is 1. The molecule has 0 unspecified atom stereocenters. The number of amides is 2. The number of benzene rings is 2. The Morgan fingerprint density at radius 1 is 1.09 bits per heavy atom. The Balaban J connectivity index is 1.66. The summed E-state index contributed by atoms with van der Waals surface area (Å²) in [5, 5.41) is 5.87. The average Bonchev–Trinajstić information content (AvgIpc) is 3.23. The third-order valence-electron chi connectivity index (χ3n) is 4.90. The van der Waals surface area contributed by atoms with Crippen molar-refractivity contribution in [1.29, 1.82) is 0 Å². The molecule has 8 heteroatoms. The summed E-state index contributed by atoms with van der Waals surface area (Å²) in [5.74, 6) is 0.515. The van der Waals surface area contributed by atoms with Gasteiger partial charge in [0.25, 0.3) is 5.22 Å². The molecule has 0 fully saturated rings. The molecule has 2 aromatic carbocycles. The first-order valence-electron chi connectivity index (χ1n) is 10.3. The molecule has 1 aromatic heterocycles. The number of ether oxygens (including phenoxy) is 1. The van der Waals surface area contributed by atoms with Gasteiger partial charge in [-0.3, -0.25) is 0 Å². The van der Waals surface area contributed by atoms with Gasteiger partial charge in [0.1, 0.15) is 5.69 Å². The molecule has 2 amide bonds. The predicted octanol–water partition coefficient (Wildman–Crippen LogP) is 4.62. The van der Waals surface area contributed by atoms with Gasteiger partial charge in [-0.2, -0.15) is 0 Å². The number of carbonyl (C=O) groups excluding carboxylic acids is 2. The first-order chi connectivity index (χ1) is 15.6. The maximum atomic E-state index is 12.4. The Morgan fingerprint density at radius 2 is 1.75 bits per heavy atom. The van der Waals surface area contributed by atoms with Crippen LogP contribution in [0.2, 0.25) is 0 Å². The highest BCUT2D eigenvalue weighted by molar-refractivity contribution is 7.99. The van der Waals surface area contributed by atoms with E-state index in [4.69, 9.17) is 14.1 Å². The smallest absolute Gasteiger partial charge is 0.337 e. The number of thioether (sulfide) groups is 1. The van der Waals surface area contributed by atoms with Gasteiger partial charge in [0, 0.05) is 22.6 Å². The van der Waals surface area contributed by atoms with Gasteiger partial charge >= 0.3 is 12.0 Å². The number of hydrogen-bond acceptors (Lipinski definition) is 6. The Labute approximate surface area is 190 Å². The molecule has 0 radical (unpaired) electrons. The van der Waals surface area contributed by atoms with Crippen molar-refractivity contribution in [3.8, 4) is 22.6 Å². The van der Waals surface area contributed by atoms with Gasteiger partial charge in [-0.15, -0.1) is 0 Å². The molecule has 3 aromatic rings. The van der Waals surface area contributed by atoms with Crippen LogP contribution in [-0.2, 0) is 9.53 Å². The van der Waals surface area contributed by atoms with Crippen molar-refractivity contribution >= 4 is 23.8 Å². The van der Waals surface area contributed by atoms with Crippen LogP contribution in [-0.4, -0.2) is 35.4 Å². The minimum absolute atomic E-state index is 0.254. The Bertz CT molecular complexity index is 1090.